The minimum absolute atomic E-state index is 0.156. The van der Waals surface area contributed by atoms with Crippen LogP contribution in [-0.4, -0.2) is 17.4 Å². The second-order valence-electron chi connectivity index (χ2n) is 6.25. The Kier molecular flexibility index (Phi) is 5.21. The molecule has 0 spiro atoms. The Hall–Kier alpha value is -2.14. The third kappa shape index (κ3) is 5.21. The van der Waals surface area contributed by atoms with Gasteiger partial charge in [-0.05, 0) is 63.2 Å². The Morgan fingerprint density at radius 2 is 1.48 bits per heavy atom. The molecule has 2 aromatic rings. The summed E-state index contributed by atoms with van der Waals surface area (Å²) < 4.78 is 0.893. The number of hydrogen-bond acceptors (Lipinski definition) is 2. The van der Waals surface area contributed by atoms with Gasteiger partial charge in [-0.1, -0.05) is 22.0 Å². The predicted octanol–water partition coefficient (Wildman–Crippen LogP) is 4.23. The van der Waals surface area contributed by atoms with Crippen LogP contribution in [0.2, 0.25) is 0 Å². The van der Waals surface area contributed by atoms with Gasteiger partial charge in [-0.25, -0.2) is 0 Å². The highest BCUT2D eigenvalue weighted by atomic mass is 79.9. The molecule has 2 amide bonds. The quantitative estimate of drug-likeness (QED) is 0.844. The lowest BCUT2D eigenvalue weighted by Crippen LogP contribution is -2.40. The molecule has 0 fully saturated rings. The lowest BCUT2D eigenvalue weighted by molar-refractivity contribution is 0.0918. The fraction of sp³-hybridized carbons (Fsp3) is 0.222. The molecule has 0 aliphatic carbocycles. The first-order chi connectivity index (χ1) is 10.7. The van der Waals surface area contributed by atoms with Gasteiger partial charge in [0.1, 0.15) is 0 Å². The SMILES string of the molecule is CC(C)(C)NC(=O)c1ccc(C(=O)Nc2cccc(Br)c2)cc1. The van der Waals surface area contributed by atoms with Gasteiger partial charge in [0.05, 0.1) is 0 Å². The molecule has 5 heteroatoms. The van der Waals surface area contributed by atoms with Crippen molar-refractivity contribution in [1.82, 2.24) is 5.32 Å². The number of hydrogen-bond donors (Lipinski definition) is 2. The zero-order valence-electron chi connectivity index (χ0n) is 13.3. The minimum Gasteiger partial charge on any atom is -0.347 e. The molecule has 4 nitrogen and oxygen atoms in total. The fourth-order valence-corrected chi connectivity index (χ4v) is 2.35. The Labute approximate surface area is 144 Å². The van der Waals surface area contributed by atoms with Gasteiger partial charge in [0.2, 0.25) is 0 Å². The highest BCUT2D eigenvalue weighted by Crippen LogP contribution is 2.17. The maximum atomic E-state index is 12.2. The lowest BCUT2D eigenvalue weighted by atomic mass is 10.1. The summed E-state index contributed by atoms with van der Waals surface area (Å²) in [5.41, 5.74) is 1.43. The van der Waals surface area contributed by atoms with Crippen molar-refractivity contribution >= 4 is 33.4 Å². The average molecular weight is 375 g/mol. The van der Waals surface area contributed by atoms with E-state index < -0.39 is 0 Å². The first-order valence-electron chi connectivity index (χ1n) is 7.24. The van der Waals surface area contributed by atoms with Crippen molar-refractivity contribution < 1.29 is 9.59 Å². The highest BCUT2D eigenvalue weighted by Gasteiger charge is 2.15. The molecule has 0 aromatic heterocycles. The lowest BCUT2D eigenvalue weighted by Gasteiger charge is -2.20. The first kappa shape index (κ1) is 17.2. The molecule has 0 saturated heterocycles. The summed E-state index contributed by atoms with van der Waals surface area (Å²) in [7, 11) is 0. The van der Waals surface area contributed by atoms with E-state index in [2.05, 4.69) is 26.6 Å². The van der Waals surface area contributed by atoms with Crippen LogP contribution in [0, 0.1) is 0 Å². The summed E-state index contributed by atoms with van der Waals surface area (Å²) in [4.78, 5) is 24.3. The van der Waals surface area contributed by atoms with E-state index in [9.17, 15) is 9.59 Å². The smallest absolute Gasteiger partial charge is 0.255 e. The summed E-state index contributed by atoms with van der Waals surface area (Å²) in [6.07, 6.45) is 0. The molecule has 0 aliphatic rings. The van der Waals surface area contributed by atoms with Crippen LogP contribution in [-0.2, 0) is 0 Å². The van der Waals surface area contributed by atoms with E-state index in [1.165, 1.54) is 0 Å². The number of nitrogens with one attached hydrogen (secondary N) is 2. The predicted molar refractivity (Wildman–Crippen MR) is 95.8 cm³/mol. The molecule has 2 rings (SSSR count). The van der Waals surface area contributed by atoms with E-state index >= 15 is 0 Å². The fourth-order valence-electron chi connectivity index (χ4n) is 1.96. The van der Waals surface area contributed by atoms with Gasteiger partial charge in [-0.15, -0.1) is 0 Å². The molecule has 0 saturated carbocycles. The second-order valence-corrected chi connectivity index (χ2v) is 7.16. The average Bonchev–Trinajstić information content (AvgIpc) is 2.45. The summed E-state index contributed by atoms with van der Waals surface area (Å²) in [5.74, 6) is -0.373. The molecule has 0 aliphatic heterocycles. The van der Waals surface area contributed by atoms with Crippen LogP contribution in [0.4, 0.5) is 5.69 Å². The van der Waals surface area contributed by atoms with E-state index in [1.54, 1.807) is 24.3 Å². The number of carbonyl (C=O) groups excluding carboxylic acids is 2. The second kappa shape index (κ2) is 6.96. The summed E-state index contributed by atoms with van der Waals surface area (Å²) >= 11 is 3.36. The Balaban J connectivity index is 2.07. The van der Waals surface area contributed by atoms with Crippen LogP contribution in [0.5, 0.6) is 0 Å². The normalized spacial score (nSPS) is 11.0. The molecule has 2 aromatic carbocycles. The Bertz CT molecular complexity index is 719. The summed E-state index contributed by atoms with van der Waals surface area (Å²) in [6.45, 7) is 5.76. The van der Waals surface area contributed by atoms with Crippen molar-refractivity contribution in [3.05, 3.63) is 64.1 Å². The summed E-state index contributed by atoms with van der Waals surface area (Å²) in [5, 5.41) is 5.70. The van der Waals surface area contributed by atoms with Crippen molar-refractivity contribution in [2.45, 2.75) is 26.3 Å². The standard InChI is InChI=1S/C18H19BrN2O2/c1-18(2,3)21-17(23)13-9-7-12(8-10-13)16(22)20-15-6-4-5-14(19)11-15/h4-11H,1-3H3,(H,20,22)(H,21,23). The molecule has 0 atom stereocenters. The third-order valence-corrected chi connectivity index (χ3v) is 3.47. The minimum atomic E-state index is -0.298. The van der Waals surface area contributed by atoms with Gasteiger partial charge in [0, 0.05) is 26.8 Å². The van der Waals surface area contributed by atoms with E-state index in [0.29, 0.717) is 16.8 Å². The van der Waals surface area contributed by atoms with Crippen molar-refractivity contribution in [1.29, 1.82) is 0 Å². The monoisotopic (exact) mass is 374 g/mol. The zero-order chi connectivity index (χ0) is 17.0. The van der Waals surface area contributed by atoms with Gasteiger partial charge in [0.25, 0.3) is 11.8 Å². The first-order valence-corrected chi connectivity index (χ1v) is 8.03. The van der Waals surface area contributed by atoms with Gasteiger partial charge >= 0.3 is 0 Å². The largest absolute Gasteiger partial charge is 0.347 e. The van der Waals surface area contributed by atoms with Crippen molar-refractivity contribution in [2.75, 3.05) is 5.32 Å². The molecule has 0 radical (unpaired) electrons. The Morgan fingerprint density at radius 1 is 0.913 bits per heavy atom. The molecule has 23 heavy (non-hydrogen) atoms. The zero-order valence-corrected chi connectivity index (χ0v) is 14.9. The summed E-state index contributed by atoms with van der Waals surface area (Å²) in [6, 6.07) is 14.0. The van der Waals surface area contributed by atoms with Gasteiger partial charge in [-0.3, -0.25) is 9.59 Å². The van der Waals surface area contributed by atoms with E-state index in [4.69, 9.17) is 0 Å². The van der Waals surface area contributed by atoms with Crippen LogP contribution in [0.3, 0.4) is 0 Å². The topological polar surface area (TPSA) is 58.2 Å². The number of anilines is 1. The Morgan fingerprint density at radius 3 is 2.00 bits per heavy atom. The maximum Gasteiger partial charge on any atom is 0.255 e. The van der Waals surface area contributed by atoms with Crippen LogP contribution < -0.4 is 10.6 Å². The molecule has 0 bridgehead atoms. The van der Waals surface area contributed by atoms with Crippen molar-refractivity contribution in [3.8, 4) is 0 Å². The number of benzene rings is 2. The molecule has 2 N–H and O–H groups in total. The highest BCUT2D eigenvalue weighted by molar-refractivity contribution is 9.10. The molecule has 120 valence electrons. The van der Waals surface area contributed by atoms with E-state index in [1.807, 2.05) is 45.0 Å². The number of carbonyl (C=O) groups is 2. The van der Waals surface area contributed by atoms with Gasteiger partial charge in [-0.2, -0.15) is 0 Å². The molecular formula is C18H19BrN2O2. The number of amides is 2. The molecule has 0 unspecified atom stereocenters. The third-order valence-electron chi connectivity index (χ3n) is 2.98. The van der Waals surface area contributed by atoms with Crippen molar-refractivity contribution in [2.24, 2.45) is 0 Å². The van der Waals surface area contributed by atoms with Crippen LogP contribution >= 0.6 is 15.9 Å². The number of rotatable bonds is 3. The van der Waals surface area contributed by atoms with Crippen LogP contribution in [0.25, 0.3) is 0 Å². The van der Waals surface area contributed by atoms with Gasteiger partial charge in [0.15, 0.2) is 0 Å². The number of halogens is 1. The maximum absolute atomic E-state index is 12.2. The van der Waals surface area contributed by atoms with Crippen molar-refractivity contribution in [3.63, 3.8) is 0 Å². The van der Waals surface area contributed by atoms with E-state index in [0.717, 1.165) is 4.47 Å². The van der Waals surface area contributed by atoms with Crippen LogP contribution in [0.15, 0.2) is 53.0 Å². The molecular weight excluding hydrogens is 356 g/mol. The van der Waals surface area contributed by atoms with Crippen LogP contribution in [0.1, 0.15) is 41.5 Å². The van der Waals surface area contributed by atoms with Gasteiger partial charge < -0.3 is 10.6 Å². The molecule has 0 heterocycles. The van der Waals surface area contributed by atoms with E-state index in [-0.39, 0.29) is 17.4 Å².